The molecule has 0 atom stereocenters. The fourth-order valence-corrected chi connectivity index (χ4v) is 7.32. The zero-order valence-electron chi connectivity index (χ0n) is 18.5. The maximum absolute atomic E-state index is 8.74. The minimum absolute atomic E-state index is 0.919. The molecule has 4 aromatic rings. The molecule has 32 heavy (non-hydrogen) atoms. The molecule has 0 amide bonds. The van der Waals surface area contributed by atoms with Crippen molar-refractivity contribution in [2.24, 2.45) is 0 Å². The third kappa shape index (κ3) is 9.71. The fraction of sp³-hybridized carbons (Fsp3) is 0.0769. The highest BCUT2D eigenvalue weighted by Crippen LogP contribution is 1.98. The number of benzene rings is 4. The first kappa shape index (κ1) is 26.3. The maximum atomic E-state index is 8.74. The normalized spacial score (nSPS) is 9.66. The van der Waals surface area contributed by atoms with Crippen molar-refractivity contribution in [3.63, 3.8) is 0 Å². The maximum Gasteiger partial charge on any atom is 0.342 e. The Kier molecular flexibility index (Phi) is 12.4. The van der Waals surface area contributed by atoms with E-state index in [0.717, 1.165) is 0 Å². The van der Waals surface area contributed by atoms with Gasteiger partial charge >= 0.3 is 36.6 Å². The highest BCUT2D eigenvalue weighted by Gasteiger charge is 2.15. The molecule has 0 bridgehead atoms. The van der Waals surface area contributed by atoms with Gasteiger partial charge in [0.15, 0.2) is 0 Å². The van der Waals surface area contributed by atoms with Gasteiger partial charge in [0.05, 0.1) is 0 Å². The summed E-state index contributed by atoms with van der Waals surface area (Å²) >= 11 is -1.84. The summed E-state index contributed by atoms with van der Waals surface area (Å²) in [4.78, 5) is 14.3. The molecule has 0 aromatic heterocycles. The van der Waals surface area contributed by atoms with Gasteiger partial charge in [0.25, 0.3) is 0 Å². The molecular weight excluding hydrogens is 445 g/mol. The van der Waals surface area contributed by atoms with E-state index in [1.807, 2.05) is 0 Å². The van der Waals surface area contributed by atoms with Crippen LogP contribution in [0.4, 0.5) is 0 Å². The molecule has 0 saturated carbocycles. The summed E-state index contributed by atoms with van der Waals surface area (Å²) in [6.07, 6.45) is 0. The molecule has 0 saturated heterocycles. The minimum Gasteiger partial charge on any atom is -0.326 e. The monoisotopic (exact) mass is 474 g/mol. The predicted octanol–water partition coefficient (Wildman–Crippen LogP) is 3.21. The van der Waals surface area contributed by atoms with Crippen molar-refractivity contribution >= 4 is 54.3 Å². The highest BCUT2D eigenvalue weighted by molar-refractivity contribution is 7.30. The Morgan fingerprint density at radius 3 is 0.781 bits per heavy atom. The lowest BCUT2D eigenvalue weighted by Crippen LogP contribution is -2.38. The van der Waals surface area contributed by atoms with E-state index in [1.54, 1.807) is 0 Å². The molecule has 4 aromatic carbocycles. The first-order valence-electron chi connectivity index (χ1n) is 10.6. The summed E-state index contributed by atoms with van der Waals surface area (Å²) in [5.74, 6) is 4.76. The topological polar surface area (TPSA) is 57.5 Å². The number of rotatable bonds is 4. The third-order valence-corrected chi connectivity index (χ3v) is 10.7. The molecule has 6 heteroatoms. The van der Waals surface area contributed by atoms with Crippen LogP contribution in [0, 0.1) is 0 Å². The Morgan fingerprint density at radius 2 is 0.625 bits per heavy atom. The molecule has 0 heterocycles. The molecular formula is C26H29Al2O3P. The SMILES string of the molecule is O=[PH](O)O.[CH3][Al]([c]1ccccc1)[c]1ccccc1.[CH3][Al]([c]1ccccc1)[c]1ccccc1. The van der Waals surface area contributed by atoms with Gasteiger partial charge in [0, 0.05) is 0 Å². The van der Waals surface area contributed by atoms with Crippen LogP contribution in [0.25, 0.3) is 0 Å². The van der Waals surface area contributed by atoms with E-state index in [0.29, 0.717) is 0 Å². The van der Waals surface area contributed by atoms with Crippen molar-refractivity contribution in [2.75, 3.05) is 0 Å². The third-order valence-electron chi connectivity index (χ3n) is 5.20. The lowest BCUT2D eigenvalue weighted by Gasteiger charge is -2.06. The van der Waals surface area contributed by atoms with E-state index in [-0.39, 0.29) is 0 Å². The van der Waals surface area contributed by atoms with Crippen LogP contribution >= 0.6 is 8.25 Å². The molecule has 162 valence electrons. The van der Waals surface area contributed by atoms with Crippen LogP contribution < -0.4 is 17.7 Å². The first-order chi connectivity index (χ1) is 15.5. The van der Waals surface area contributed by atoms with Gasteiger partial charge in [-0.15, -0.1) is 17.7 Å². The minimum atomic E-state index is -3.13. The van der Waals surface area contributed by atoms with Gasteiger partial charge in [0.2, 0.25) is 0 Å². The van der Waals surface area contributed by atoms with E-state index in [2.05, 4.69) is 133 Å². The molecule has 3 nitrogen and oxygen atoms in total. The standard InChI is InChI=1S/4C6H5.2CH3.2Al.H3O3P/c4*1-2-4-6-5-3-1;;;;;1-4(2)3/h4*1-5H;2*1H3;;;4H,(H2,1,2,3). The van der Waals surface area contributed by atoms with Crippen LogP contribution in [0.3, 0.4) is 0 Å². The van der Waals surface area contributed by atoms with E-state index < -0.39 is 36.6 Å². The number of hydrogen-bond acceptors (Lipinski definition) is 1. The van der Waals surface area contributed by atoms with Crippen molar-refractivity contribution < 1.29 is 14.4 Å². The second-order valence-electron chi connectivity index (χ2n) is 7.37. The van der Waals surface area contributed by atoms with Crippen LogP contribution in [-0.4, -0.2) is 38.1 Å². The van der Waals surface area contributed by atoms with Gasteiger partial charge in [-0.2, -0.15) is 0 Å². The quantitative estimate of drug-likeness (QED) is 0.353. The molecule has 0 spiro atoms. The van der Waals surface area contributed by atoms with Gasteiger partial charge in [-0.1, -0.05) is 133 Å². The van der Waals surface area contributed by atoms with Crippen LogP contribution in [0.1, 0.15) is 0 Å². The van der Waals surface area contributed by atoms with Crippen molar-refractivity contribution in [1.82, 2.24) is 0 Å². The lowest BCUT2D eigenvalue weighted by molar-refractivity contribution is 0.405. The van der Waals surface area contributed by atoms with Crippen molar-refractivity contribution in [3.05, 3.63) is 121 Å². The lowest BCUT2D eigenvalue weighted by atomic mass is 10.4. The molecule has 0 unspecified atom stereocenters. The predicted molar refractivity (Wildman–Crippen MR) is 141 cm³/mol. The van der Waals surface area contributed by atoms with Crippen molar-refractivity contribution in [1.29, 1.82) is 0 Å². The smallest absolute Gasteiger partial charge is 0.326 e. The van der Waals surface area contributed by atoms with E-state index in [4.69, 9.17) is 14.4 Å². The van der Waals surface area contributed by atoms with E-state index >= 15 is 0 Å². The van der Waals surface area contributed by atoms with Gasteiger partial charge < -0.3 is 9.79 Å². The Labute approximate surface area is 200 Å². The summed E-state index contributed by atoms with van der Waals surface area (Å²) in [5, 5.41) is 0. The molecule has 0 fully saturated rings. The molecule has 0 aliphatic heterocycles. The number of hydrogen-bond donors (Lipinski definition) is 2. The van der Waals surface area contributed by atoms with Gasteiger partial charge in [-0.3, -0.25) is 4.57 Å². The second kappa shape index (κ2) is 15.0. The second-order valence-corrected chi connectivity index (χ2v) is 13.5. The highest BCUT2D eigenvalue weighted by atomic mass is 31.1. The van der Waals surface area contributed by atoms with Crippen LogP contribution in [0.15, 0.2) is 121 Å². The Bertz CT molecular complexity index is 870. The Balaban J connectivity index is 0.000000195. The molecule has 2 N–H and O–H groups in total. The Hall–Kier alpha value is -1.91. The van der Waals surface area contributed by atoms with E-state index in [9.17, 15) is 0 Å². The zero-order valence-corrected chi connectivity index (χ0v) is 21.8. The van der Waals surface area contributed by atoms with Crippen LogP contribution in [0.2, 0.25) is 11.6 Å². The van der Waals surface area contributed by atoms with Gasteiger partial charge in [-0.05, 0) is 0 Å². The molecule has 0 aliphatic carbocycles. The summed E-state index contributed by atoms with van der Waals surface area (Å²) in [5.41, 5.74) is 0. The average Bonchev–Trinajstić information content (AvgIpc) is 2.85. The summed E-state index contributed by atoms with van der Waals surface area (Å²) < 4.78 is 14.8. The largest absolute Gasteiger partial charge is 0.342 e. The molecule has 0 radical (unpaired) electrons. The van der Waals surface area contributed by atoms with E-state index in [1.165, 1.54) is 17.7 Å². The zero-order chi connectivity index (χ0) is 23.2. The fourth-order valence-electron chi connectivity index (χ4n) is 3.35. The van der Waals surface area contributed by atoms with Gasteiger partial charge in [0.1, 0.15) is 0 Å². The Morgan fingerprint density at radius 1 is 0.469 bits per heavy atom. The molecule has 4 rings (SSSR count). The molecule has 0 aliphatic rings. The summed E-state index contributed by atoms with van der Waals surface area (Å²) in [6, 6.07) is 43.2. The van der Waals surface area contributed by atoms with Crippen LogP contribution in [-0.2, 0) is 4.57 Å². The van der Waals surface area contributed by atoms with Gasteiger partial charge in [-0.25, -0.2) is 0 Å². The summed E-state index contributed by atoms with van der Waals surface area (Å²) in [7, 11) is -3.13. The van der Waals surface area contributed by atoms with Crippen LogP contribution in [0.5, 0.6) is 0 Å². The first-order valence-corrected chi connectivity index (χ1v) is 16.5. The summed E-state index contributed by atoms with van der Waals surface area (Å²) in [6.45, 7) is 0. The average molecular weight is 474 g/mol. The van der Waals surface area contributed by atoms with Crippen molar-refractivity contribution in [2.45, 2.75) is 11.6 Å². The van der Waals surface area contributed by atoms with Crippen molar-refractivity contribution in [3.8, 4) is 0 Å².